The van der Waals surface area contributed by atoms with Crippen LogP contribution in [0, 0.1) is 0 Å². The summed E-state index contributed by atoms with van der Waals surface area (Å²) in [6, 6.07) is 18.1. The van der Waals surface area contributed by atoms with E-state index in [0.717, 1.165) is 5.56 Å². The van der Waals surface area contributed by atoms with Crippen LogP contribution in [0.1, 0.15) is 37.2 Å². The summed E-state index contributed by atoms with van der Waals surface area (Å²) in [5.74, 6) is -1.12. The van der Waals surface area contributed by atoms with Crippen LogP contribution in [0.15, 0.2) is 66.9 Å². The van der Waals surface area contributed by atoms with Crippen molar-refractivity contribution in [3.8, 4) is 11.3 Å². The van der Waals surface area contributed by atoms with Crippen molar-refractivity contribution in [2.45, 2.75) is 32.9 Å². The molecule has 8 heteroatoms. The van der Waals surface area contributed by atoms with E-state index in [-0.39, 0.29) is 6.04 Å². The van der Waals surface area contributed by atoms with Crippen molar-refractivity contribution in [3.63, 3.8) is 0 Å². The molecule has 4 aromatic rings. The fraction of sp³-hybridized carbons (Fsp3) is 0.200. The van der Waals surface area contributed by atoms with Gasteiger partial charge in [0.05, 0.1) is 33.6 Å². The molecule has 2 heterocycles. The van der Waals surface area contributed by atoms with Crippen molar-refractivity contribution in [1.82, 2.24) is 14.8 Å². The number of fused-ring (bicyclic) bond motifs is 1. The zero-order chi connectivity index (χ0) is 23.5. The molecule has 0 radical (unpaired) electrons. The van der Waals surface area contributed by atoms with Crippen molar-refractivity contribution in [2.75, 3.05) is 5.32 Å². The topological polar surface area (TPSA) is 86.1 Å². The second-order valence-electron chi connectivity index (χ2n) is 7.86. The van der Waals surface area contributed by atoms with E-state index in [2.05, 4.69) is 10.4 Å². The van der Waals surface area contributed by atoms with Crippen molar-refractivity contribution < 1.29 is 14.3 Å². The first-order valence-corrected chi connectivity index (χ1v) is 10.9. The van der Waals surface area contributed by atoms with Crippen LogP contribution in [-0.2, 0) is 9.53 Å². The number of aromatic nitrogens is 3. The van der Waals surface area contributed by atoms with Gasteiger partial charge in [0.15, 0.2) is 11.8 Å². The lowest BCUT2D eigenvalue weighted by atomic mass is 10.1. The highest BCUT2D eigenvalue weighted by atomic mass is 35.5. The fourth-order valence-electron chi connectivity index (χ4n) is 3.40. The van der Waals surface area contributed by atoms with E-state index in [4.69, 9.17) is 21.3 Å². The molecule has 0 spiro atoms. The van der Waals surface area contributed by atoms with Crippen LogP contribution in [0.25, 0.3) is 22.3 Å². The van der Waals surface area contributed by atoms with Crippen LogP contribution in [-0.4, -0.2) is 32.7 Å². The molecule has 1 unspecified atom stereocenters. The molecule has 168 valence electrons. The van der Waals surface area contributed by atoms with Crippen LogP contribution in [0.5, 0.6) is 0 Å². The maximum Gasteiger partial charge on any atom is 0.339 e. The predicted octanol–water partition coefficient (Wildman–Crippen LogP) is 5.52. The zero-order valence-electron chi connectivity index (χ0n) is 18.4. The predicted molar refractivity (Wildman–Crippen MR) is 128 cm³/mol. The summed E-state index contributed by atoms with van der Waals surface area (Å²) in [5.41, 5.74) is 2.79. The van der Waals surface area contributed by atoms with Crippen LogP contribution < -0.4 is 5.32 Å². The summed E-state index contributed by atoms with van der Waals surface area (Å²) < 4.78 is 7.28. The Hall–Kier alpha value is -3.71. The van der Waals surface area contributed by atoms with Gasteiger partial charge < -0.3 is 10.1 Å². The third-order valence-corrected chi connectivity index (χ3v) is 5.46. The molecule has 0 aliphatic carbocycles. The Morgan fingerprint density at radius 2 is 1.73 bits per heavy atom. The first-order valence-electron chi connectivity index (χ1n) is 10.5. The van der Waals surface area contributed by atoms with Gasteiger partial charge >= 0.3 is 5.97 Å². The van der Waals surface area contributed by atoms with Crippen molar-refractivity contribution in [2.24, 2.45) is 0 Å². The number of rotatable bonds is 6. The van der Waals surface area contributed by atoms with E-state index in [9.17, 15) is 9.59 Å². The van der Waals surface area contributed by atoms with Crippen molar-refractivity contribution >= 4 is 40.2 Å². The maximum absolute atomic E-state index is 13.2. The van der Waals surface area contributed by atoms with Gasteiger partial charge in [0, 0.05) is 11.6 Å². The molecule has 1 amide bonds. The number of hydrogen-bond acceptors (Lipinski definition) is 5. The van der Waals surface area contributed by atoms with Crippen LogP contribution in [0.4, 0.5) is 5.69 Å². The molecule has 4 rings (SSSR count). The number of anilines is 1. The Labute approximate surface area is 196 Å². The minimum atomic E-state index is -1.04. The monoisotopic (exact) mass is 462 g/mol. The molecule has 2 aromatic heterocycles. The van der Waals surface area contributed by atoms with Gasteiger partial charge in [0.2, 0.25) is 0 Å². The second kappa shape index (κ2) is 9.42. The van der Waals surface area contributed by atoms with Gasteiger partial charge in [0.25, 0.3) is 5.91 Å². The SMILES string of the molecule is CC(OC(=O)c1cc(-c2ccccc2)nc2c1cnn2C(C)C)C(=O)Nc1ccccc1Cl. The molecule has 0 aliphatic heterocycles. The van der Waals surface area contributed by atoms with Gasteiger partial charge in [0.1, 0.15) is 0 Å². The highest BCUT2D eigenvalue weighted by Gasteiger charge is 2.24. The third-order valence-electron chi connectivity index (χ3n) is 5.13. The Kier molecular flexibility index (Phi) is 6.42. The van der Waals surface area contributed by atoms with Gasteiger partial charge in [-0.2, -0.15) is 5.10 Å². The molecule has 0 bridgehead atoms. The lowest BCUT2D eigenvalue weighted by molar-refractivity contribution is -0.123. The van der Waals surface area contributed by atoms with Gasteiger partial charge in [-0.25, -0.2) is 14.5 Å². The molecule has 7 nitrogen and oxygen atoms in total. The van der Waals surface area contributed by atoms with Gasteiger partial charge in [-0.05, 0) is 39.0 Å². The normalized spacial score (nSPS) is 12.0. The number of nitrogens with zero attached hydrogens (tertiary/aromatic N) is 3. The molecule has 1 atom stereocenters. The standard InChI is InChI=1S/C25H23ClN4O3/c1-15(2)30-23-19(14-27-30)18(13-22(28-23)17-9-5-4-6-10-17)25(32)33-16(3)24(31)29-21-12-8-7-11-20(21)26/h4-16H,1-3H3,(H,29,31). The minimum absolute atomic E-state index is 0.0465. The van der Waals surface area contributed by atoms with Crippen LogP contribution in [0.3, 0.4) is 0 Å². The molecule has 0 saturated heterocycles. The number of pyridine rings is 1. The number of carbonyl (C=O) groups is 2. The highest BCUT2D eigenvalue weighted by Crippen LogP contribution is 2.27. The smallest absolute Gasteiger partial charge is 0.339 e. The molecule has 2 aromatic carbocycles. The number of esters is 1. The lowest BCUT2D eigenvalue weighted by Crippen LogP contribution is -2.30. The lowest BCUT2D eigenvalue weighted by Gasteiger charge is -2.15. The van der Waals surface area contributed by atoms with E-state index >= 15 is 0 Å². The third kappa shape index (κ3) is 4.73. The fourth-order valence-corrected chi connectivity index (χ4v) is 3.58. The van der Waals surface area contributed by atoms with E-state index in [1.807, 2.05) is 44.2 Å². The number of carbonyl (C=O) groups excluding carboxylic acids is 2. The summed E-state index contributed by atoms with van der Waals surface area (Å²) in [6.07, 6.45) is 0.555. The number of hydrogen-bond donors (Lipinski definition) is 1. The number of amides is 1. The molecule has 0 aliphatic rings. The number of nitrogens with one attached hydrogen (secondary N) is 1. The maximum atomic E-state index is 13.2. The molecule has 0 saturated carbocycles. The molecular formula is C25H23ClN4O3. The summed E-state index contributed by atoms with van der Waals surface area (Å²) >= 11 is 6.10. The second-order valence-corrected chi connectivity index (χ2v) is 8.27. The number of benzene rings is 2. The number of ether oxygens (including phenoxy) is 1. The summed E-state index contributed by atoms with van der Waals surface area (Å²) in [4.78, 5) is 30.5. The average molecular weight is 463 g/mol. The zero-order valence-corrected chi connectivity index (χ0v) is 19.2. The summed E-state index contributed by atoms with van der Waals surface area (Å²) in [5, 5.41) is 8.05. The Morgan fingerprint density at radius 3 is 2.42 bits per heavy atom. The Bertz CT molecular complexity index is 1320. The molecule has 1 N–H and O–H groups in total. The number of para-hydroxylation sites is 1. The molecule has 0 fully saturated rings. The molecular weight excluding hydrogens is 440 g/mol. The number of halogens is 1. The van der Waals surface area contributed by atoms with E-state index in [0.29, 0.717) is 33.0 Å². The Morgan fingerprint density at radius 1 is 1.03 bits per heavy atom. The summed E-state index contributed by atoms with van der Waals surface area (Å²) in [6.45, 7) is 5.49. The van der Waals surface area contributed by atoms with Crippen molar-refractivity contribution in [3.05, 3.63) is 77.4 Å². The quantitative estimate of drug-likeness (QED) is 0.381. The largest absolute Gasteiger partial charge is 0.449 e. The van der Waals surface area contributed by atoms with Gasteiger partial charge in [-0.3, -0.25) is 4.79 Å². The van der Waals surface area contributed by atoms with Crippen LogP contribution >= 0.6 is 11.6 Å². The van der Waals surface area contributed by atoms with Crippen molar-refractivity contribution in [1.29, 1.82) is 0 Å². The Balaban J connectivity index is 1.65. The average Bonchev–Trinajstić information content (AvgIpc) is 3.24. The van der Waals surface area contributed by atoms with E-state index < -0.39 is 18.0 Å². The van der Waals surface area contributed by atoms with E-state index in [1.165, 1.54) is 6.92 Å². The highest BCUT2D eigenvalue weighted by molar-refractivity contribution is 6.33. The summed E-state index contributed by atoms with van der Waals surface area (Å²) in [7, 11) is 0. The van der Waals surface area contributed by atoms with Gasteiger partial charge in [-0.15, -0.1) is 0 Å². The van der Waals surface area contributed by atoms with E-state index in [1.54, 1.807) is 41.2 Å². The first kappa shape index (κ1) is 22.5. The molecule has 33 heavy (non-hydrogen) atoms. The minimum Gasteiger partial charge on any atom is -0.449 e. The van der Waals surface area contributed by atoms with Gasteiger partial charge in [-0.1, -0.05) is 54.1 Å². The first-order chi connectivity index (χ1) is 15.8. The van der Waals surface area contributed by atoms with Crippen LogP contribution in [0.2, 0.25) is 5.02 Å².